The number of pyridine rings is 1. The Labute approximate surface area is 144 Å². The molecular formula is C18H18N4O3. The summed E-state index contributed by atoms with van der Waals surface area (Å²) in [5, 5.41) is 14.1. The van der Waals surface area contributed by atoms with Gasteiger partial charge in [0.05, 0.1) is 18.9 Å². The summed E-state index contributed by atoms with van der Waals surface area (Å²) >= 11 is 0. The molecule has 1 aromatic carbocycles. The van der Waals surface area contributed by atoms with Crippen LogP contribution in [0.15, 0.2) is 53.2 Å². The molecule has 1 fully saturated rings. The first-order valence-electron chi connectivity index (χ1n) is 8.15. The van der Waals surface area contributed by atoms with E-state index in [-0.39, 0.29) is 11.8 Å². The minimum absolute atomic E-state index is 0.167. The first-order chi connectivity index (χ1) is 12.3. The quantitative estimate of drug-likeness (QED) is 0.782. The fourth-order valence-electron chi connectivity index (χ4n) is 2.87. The van der Waals surface area contributed by atoms with E-state index in [1.165, 1.54) is 0 Å². The molecule has 25 heavy (non-hydrogen) atoms. The van der Waals surface area contributed by atoms with Crippen LogP contribution in [0, 0.1) is 0 Å². The van der Waals surface area contributed by atoms with Gasteiger partial charge in [-0.2, -0.15) is 4.98 Å². The Morgan fingerprint density at radius 2 is 2.04 bits per heavy atom. The monoisotopic (exact) mass is 338 g/mol. The van der Waals surface area contributed by atoms with Gasteiger partial charge in [0.1, 0.15) is 11.8 Å². The van der Waals surface area contributed by atoms with Crippen LogP contribution in [0.3, 0.4) is 0 Å². The van der Waals surface area contributed by atoms with E-state index in [1.807, 2.05) is 30.3 Å². The molecule has 7 heteroatoms. The Morgan fingerprint density at radius 3 is 2.88 bits per heavy atom. The van der Waals surface area contributed by atoms with Gasteiger partial charge in [0.25, 0.3) is 0 Å². The lowest BCUT2D eigenvalue weighted by Gasteiger charge is -2.32. The van der Waals surface area contributed by atoms with Crippen LogP contribution < -0.4 is 0 Å². The molecule has 1 N–H and O–H groups in total. The number of hydrogen-bond acceptors (Lipinski definition) is 7. The van der Waals surface area contributed by atoms with Gasteiger partial charge in [-0.15, -0.1) is 0 Å². The molecular weight excluding hydrogens is 320 g/mol. The molecule has 0 amide bonds. The molecule has 1 aliphatic rings. The van der Waals surface area contributed by atoms with Crippen LogP contribution in [-0.2, 0) is 11.3 Å². The molecule has 1 saturated heterocycles. The van der Waals surface area contributed by atoms with Gasteiger partial charge in [0.2, 0.25) is 11.7 Å². The highest BCUT2D eigenvalue weighted by molar-refractivity contribution is 5.53. The number of aromatic nitrogens is 3. The molecule has 2 aromatic heterocycles. The van der Waals surface area contributed by atoms with Crippen molar-refractivity contribution in [2.45, 2.75) is 12.6 Å². The molecule has 0 bridgehead atoms. The lowest BCUT2D eigenvalue weighted by molar-refractivity contribution is -0.0248. The summed E-state index contributed by atoms with van der Waals surface area (Å²) in [6.07, 6.45) is 1.67. The summed E-state index contributed by atoms with van der Waals surface area (Å²) in [5.41, 5.74) is 1.53. The molecule has 1 unspecified atom stereocenters. The van der Waals surface area contributed by atoms with Gasteiger partial charge in [-0.3, -0.25) is 9.88 Å². The maximum atomic E-state index is 9.98. The average Bonchev–Trinajstić information content (AvgIpc) is 3.15. The van der Waals surface area contributed by atoms with Crippen molar-refractivity contribution in [2.75, 3.05) is 19.8 Å². The van der Waals surface area contributed by atoms with Crippen molar-refractivity contribution in [3.63, 3.8) is 0 Å². The number of ether oxygens (including phenoxy) is 1. The second kappa shape index (κ2) is 7.00. The van der Waals surface area contributed by atoms with E-state index >= 15 is 0 Å². The molecule has 128 valence electrons. The van der Waals surface area contributed by atoms with Gasteiger partial charge in [-0.05, 0) is 12.1 Å². The zero-order valence-electron chi connectivity index (χ0n) is 13.6. The Kier molecular flexibility index (Phi) is 4.41. The van der Waals surface area contributed by atoms with Gasteiger partial charge in [-0.25, -0.2) is 0 Å². The lowest BCUT2D eigenvalue weighted by atomic mass is 10.2. The number of hydrogen-bond donors (Lipinski definition) is 1. The smallest absolute Gasteiger partial charge is 0.246 e. The fraction of sp³-hybridized carbons (Fsp3) is 0.278. The van der Waals surface area contributed by atoms with Gasteiger partial charge >= 0.3 is 0 Å². The Balaban J connectivity index is 1.57. The first-order valence-corrected chi connectivity index (χ1v) is 8.15. The van der Waals surface area contributed by atoms with Crippen molar-refractivity contribution in [1.82, 2.24) is 20.0 Å². The van der Waals surface area contributed by atoms with Crippen LogP contribution in [0.25, 0.3) is 11.4 Å². The highest BCUT2D eigenvalue weighted by Gasteiger charge is 2.30. The van der Waals surface area contributed by atoms with Crippen LogP contribution >= 0.6 is 0 Å². The number of aromatic hydroxyl groups is 1. The predicted octanol–water partition coefficient (Wildman–Crippen LogP) is 2.41. The van der Waals surface area contributed by atoms with Crippen molar-refractivity contribution in [3.8, 4) is 17.1 Å². The fourth-order valence-corrected chi connectivity index (χ4v) is 2.87. The van der Waals surface area contributed by atoms with Crippen molar-refractivity contribution in [3.05, 3.63) is 60.2 Å². The largest absolute Gasteiger partial charge is 0.506 e. The zero-order valence-corrected chi connectivity index (χ0v) is 13.6. The molecule has 1 aliphatic heterocycles. The molecule has 3 aromatic rings. The van der Waals surface area contributed by atoms with E-state index in [9.17, 15) is 5.11 Å². The number of rotatable bonds is 4. The number of nitrogens with zero attached hydrogens (tertiary/aromatic N) is 4. The standard InChI is InChI=1S/C18H18N4O3/c23-16-7-4-8-19-14(16)11-22-9-10-24-12-15(22)18-20-17(21-25-18)13-5-2-1-3-6-13/h1-8,15,23H,9-12H2. The maximum absolute atomic E-state index is 9.98. The Morgan fingerprint density at radius 1 is 1.16 bits per heavy atom. The Bertz CT molecular complexity index is 837. The minimum Gasteiger partial charge on any atom is -0.506 e. The van der Waals surface area contributed by atoms with Gasteiger partial charge in [0, 0.05) is 24.8 Å². The van der Waals surface area contributed by atoms with E-state index in [4.69, 9.17) is 9.26 Å². The zero-order chi connectivity index (χ0) is 17.1. The van der Waals surface area contributed by atoms with Crippen LogP contribution in [0.5, 0.6) is 5.75 Å². The van der Waals surface area contributed by atoms with Crippen molar-refractivity contribution in [2.24, 2.45) is 0 Å². The van der Waals surface area contributed by atoms with Crippen LogP contribution in [-0.4, -0.2) is 44.9 Å². The van der Waals surface area contributed by atoms with E-state index in [0.29, 0.717) is 43.7 Å². The molecule has 0 radical (unpaired) electrons. The highest BCUT2D eigenvalue weighted by atomic mass is 16.5. The summed E-state index contributed by atoms with van der Waals surface area (Å²) in [4.78, 5) is 10.9. The molecule has 0 saturated carbocycles. The third kappa shape index (κ3) is 3.38. The van der Waals surface area contributed by atoms with Gasteiger partial charge < -0.3 is 14.4 Å². The highest BCUT2D eigenvalue weighted by Crippen LogP contribution is 2.28. The minimum atomic E-state index is -0.167. The third-order valence-electron chi connectivity index (χ3n) is 4.22. The molecule has 7 nitrogen and oxygen atoms in total. The average molecular weight is 338 g/mol. The lowest BCUT2D eigenvalue weighted by Crippen LogP contribution is -2.39. The number of benzene rings is 1. The second-order valence-corrected chi connectivity index (χ2v) is 5.85. The van der Waals surface area contributed by atoms with Crippen LogP contribution in [0.2, 0.25) is 0 Å². The molecule has 3 heterocycles. The third-order valence-corrected chi connectivity index (χ3v) is 4.22. The summed E-state index contributed by atoms with van der Waals surface area (Å²) in [6, 6.07) is 12.9. The maximum Gasteiger partial charge on any atom is 0.246 e. The Hall–Kier alpha value is -2.77. The van der Waals surface area contributed by atoms with E-state index in [1.54, 1.807) is 18.3 Å². The van der Waals surface area contributed by atoms with E-state index in [2.05, 4.69) is 20.0 Å². The summed E-state index contributed by atoms with van der Waals surface area (Å²) in [6.45, 7) is 2.27. The van der Waals surface area contributed by atoms with Crippen molar-refractivity contribution < 1.29 is 14.4 Å². The topological polar surface area (TPSA) is 84.5 Å². The van der Waals surface area contributed by atoms with Gasteiger partial charge in [-0.1, -0.05) is 35.5 Å². The summed E-state index contributed by atoms with van der Waals surface area (Å²) in [7, 11) is 0. The SMILES string of the molecule is Oc1cccnc1CN1CCOCC1c1nc(-c2ccccc2)no1. The first kappa shape index (κ1) is 15.7. The molecule has 4 rings (SSSR count). The van der Waals surface area contributed by atoms with Crippen molar-refractivity contribution >= 4 is 0 Å². The summed E-state index contributed by atoms with van der Waals surface area (Å²) in [5.74, 6) is 1.25. The molecule has 1 atom stereocenters. The summed E-state index contributed by atoms with van der Waals surface area (Å²) < 4.78 is 11.1. The van der Waals surface area contributed by atoms with Crippen LogP contribution in [0.1, 0.15) is 17.6 Å². The number of morpholine rings is 1. The normalized spacial score (nSPS) is 18.3. The van der Waals surface area contributed by atoms with Crippen molar-refractivity contribution in [1.29, 1.82) is 0 Å². The predicted molar refractivity (Wildman–Crippen MR) is 89.6 cm³/mol. The second-order valence-electron chi connectivity index (χ2n) is 5.85. The van der Waals surface area contributed by atoms with Crippen LogP contribution in [0.4, 0.5) is 0 Å². The van der Waals surface area contributed by atoms with Gasteiger partial charge in [0.15, 0.2) is 0 Å². The molecule has 0 aliphatic carbocycles. The molecule has 0 spiro atoms. The van der Waals surface area contributed by atoms with E-state index in [0.717, 1.165) is 5.56 Å². The van der Waals surface area contributed by atoms with E-state index < -0.39 is 0 Å².